The molecule has 1 aromatic rings. The summed E-state index contributed by atoms with van der Waals surface area (Å²) in [6.45, 7) is 2.78. The van der Waals surface area contributed by atoms with E-state index in [1.165, 1.54) is 0 Å². The van der Waals surface area contributed by atoms with E-state index >= 15 is 0 Å². The second kappa shape index (κ2) is 7.97. The highest BCUT2D eigenvalue weighted by molar-refractivity contribution is 5.56. The molecule has 0 radical (unpaired) electrons. The molecule has 0 fully saturated rings. The third kappa shape index (κ3) is 3.55. The lowest BCUT2D eigenvalue weighted by molar-refractivity contribution is 0.174. The molecule has 5 heteroatoms. The van der Waals surface area contributed by atoms with Gasteiger partial charge in [-0.1, -0.05) is 6.92 Å². The van der Waals surface area contributed by atoms with Gasteiger partial charge in [-0.3, -0.25) is 0 Å². The Morgan fingerprint density at radius 1 is 1.00 bits per heavy atom. The summed E-state index contributed by atoms with van der Waals surface area (Å²) in [7, 11) is 6.48. The number of hydrogen-bond donors (Lipinski definition) is 1. The lowest BCUT2D eigenvalue weighted by Crippen LogP contribution is -2.21. The first-order chi connectivity index (χ1) is 9.60. The summed E-state index contributed by atoms with van der Waals surface area (Å²) in [5.41, 5.74) is 7.25. The first-order valence-corrected chi connectivity index (χ1v) is 6.64. The van der Waals surface area contributed by atoms with Crippen LogP contribution in [0.1, 0.15) is 24.9 Å². The maximum atomic E-state index is 6.34. The predicted octanol–water partition coefficient (Wildman–Crippen LogP) is 2.38. The molecule has 0 aliphatic rings. The number of rotatable bonds is 8. The van der Waals surface area contributed by atoms with Crippen molar-refractivity contribution in [2.45, 2.75) is 19.4 Å². The molecule has 1 aromatic carbocycles. The first kappa shape index (κ1) is 16.6. The van der Waals surface area contributed by atoms with Crippen LogP contribution in [0.15, 0.2) is 12.1 Å². The molecule has 0 aliphatic carbocycles. The normalized spacial score (nSPS) is 13.7. The summed E-state index contributed by atoms with van der Waals surface area (Å²) >= 11 is 0. The van der Waals surface area contributed by atoms with E-state index in [1.807, 2.05) is 12.1 Å². The molecule has 2 unspecified atom stereocenters. The van der Waals surface area contributed by atoms with Gasteiger partial charge >= 0.3 is 0 Å². The van der Waals surface area contributed by atoms with Crippen molar-refractivity contribution < 1.29 is 18.9 Å². The zero-order chi connectivity index (χ0) is 15.1. The molecule has 1 rings (SSSR count). The largest absolute Gasteiger partial charge is 0.493 e. The van der Waals surface area contributed by atoms with Gasteiger partial charge < -0.3 is 24.7 Å². The number of benzene rings is 1. The van der Waals surface area contributed by atoms with Crippen LogP contribution in [0.5, 0.6) is 17.2 Å². The summed E-state index contributed by atoms with van der Waals surface area (Å²) < 4.78 is 21.2. The van der Waals surface area contributed by atoms with Crippen molar-refractivity contribution in [1.82, 2.24) is 0 Å². The second-order valence-electron chi connectivity index (χ2n) is 4.71. The summed E-state index contributed by atoms with van der Waals surface area (Å²) in [4.78, 5) is 0. The van der Waals surface area contributed by atoms with E-state index in [4.69, 9.17) is 24.7 Å². The fourth-order valence-electron chi connectivity index (χ4n) is 2.18. The van der Waals surface area contributed by atoms with Gasteiger partial charge in [0.1, 0.15) is 0 Å². The highest BCUT2D eigenvalue weighted by Crippen LogP contribution is 2.43. The molecule has 0 saturated carbocycles. The van der Waals surface area contributed by atoms with Crippen molar-refractivity contribution in [3.63, 3.8) is 0 Å². The molecule has 2 atom stereocenters. The highest BCUT2D eigenvalue weighted by Gasteiger charge is 2.23. The van der Waals surface area contributed by atoms with Gasteiger partial charge in [0.15, 0.2) is 11.5 Å². The Morgan fingerprint density at radius 3 is 2.15 bits per heavy atom. The molecular formula is C15H25NO4. The standard InChI is InChI=1S/C15H25NO4/c1-10(8-9-17-2)13(16)11-6-7-12(18-3)15(20-5)14(11)19-4/h6-7,10,13H,8-9,16H2,1-5H3. The van der Waals surface area contributed by atoms with Crippen molar-refractivity contribution in [3.8, 4) is 17.2 Å². The molecule has 114 valence electrons. The van der Waals surface area contributed by atoms with E-state index in [-0.39, 0.29) is 12.0 Å². The van der Waals surface area contributed by atoms with Crippen LogP contribution in [0, 0.1) is 5.92 Å². The molecule has 0 heterocycles. The highest BCUT2D eigenvalue weighted by atomic mass is 16.5. The molecule has 20 heavy (non-hydrogen) atoms. The monoisotopic (exact) mass is 283 g/mol. The average Bonchev–Trinajstić information content (AvgIpc) is 2.49. The minimum absolute atomic E-state index is 0.153. The topological polar surface area (TPSA) is 62.9 Å². The van der Waals surface area contributed by atoms with Crippen LogP contribution >= 0.6 is 0 Å². The molecule has 2 N–H and O–H groups in total. The Kier molecular flexibility index (Phi) is 6.61. The van der Waals surface area contributed by atoms with E-state index in [1.54, 1.807) is 28.4 Å². The van der Waals surface area contributed by atoms with Crippen molar-refractivity contribution in [3.05, 3.63) is 17.7 Å². The minimum atomic E-state index is -0.153. The first-order valence-electron chi connectivity index (χ1n) is 6.64. The van der Waals surface area contributed by atoms with Gasteiger partial charge in [0.25, 0.3) is 0 Å². The Bertz CT molecular complexity index is 423. The second-order valence-corrected chi connectivity index (χ2v) is 4.71. The quantitative estimate of drug-likeness (QED) is 0.793. The Morgan fingerprint density at radius 2 is 1.65 bits per heavy atom. The smallest absolute Gasteiger partial charge is 0.203 e. The van der Waals surface area contributed by atoms with Crippen molar-refractivity contribution in [2.24, 2.45) is 11.7 Å². The van der Waals surface area contributed by atoms with Gasteiger partial charge in [-0.2, -0.15) is 0 Å². The Hall–Kier alpha value is -1.46. The minimum Gasteiger partial charge on any atom is -0.493 e. The van der Waals surface area contributed by atoms with Gasteiger partial charge in [0.05, 0.1) is 21.3 Å². The number of hydrogen-bond acceptors (Lipinski definition) is 5. The summed E-state index contributed by atoms with van der Waals surface area (Å²) in [6.07, 6.45) is 0.884. The van der Waals surface area contributed by atoms with Crippen LogP contribution in [0.25, 0.3) is 0 Å². The van der Waals surface area contributed by atoms with Crippen LogP contribution in [-0.4, -0.2) is 35.0 Å². The molecule has 0 amide bonds. The van der Waals surface area contributed by atoms with Crippen molar-refractivity contribution in [2.75, 3.05) is 35.0 Å². The van der Waals surface area contributed by atoms with Gasteiger partial charge in [-0.25, -0.2) is 0 Å². The molecule has 0 aliphatic heterocycles. The zero-order valence-corrected chi connectivity index (χ0v) is 12.9. The van der Waals surface area contributed by atoms with Crippen LogP contribution in [0.2, 0.25) is 0 Å². The number of nitrogens with two attached hydrogens (primary N) is 1. The maximum absolute atomic E-state index is 6.34. The Balaban J connectivity index is 3.10. The zero-order valence-electron chi connectivity index (χ0n) is 12.9. The van der Waals surface area contributed by atoms with Crippen molar-refractivity contribution >= 4 is 0 Å². The van der Waals surface area contributed by atoms with Gasteiger partial charge in [-0.05, 0) is 24.5 Å². The van der Waals surface area contributed by atoms with Crippen LogP contribution in [0.3, 0.4) is 0 Å². The van der Waals surface area contributed by atoms with E-state index in [0.717, 1.165) is 12.0 Å². The van der Waals surface area contributed by atoms with E-state index in [9.17, 15) is 0 Å². The lowest BCUT2D eigenvalue weighted by Gasteiger charge is -2.24. The van der Waals surface area contributed by atoms with Gasteiger partial charge in [0.2, 0.25) is 5.75 Å². The summed E-state index contributed by atoms with van der Waals surface area (Å²) in [6, 6.07) is 3.62. The lowest BCUT2D eigenvalue weighted by atomic mass is 9.92. The Labute approximate surface area is 121 Å². The van der Waals surface area contributed by atoms with Crippen LogP contribution in [0.4, 0.5) is 0 Å². The fraction of sp³-hybridized carbons (Fsp3) is 0.600. The van der Waals surface area contributed by atoms with Crippen LogP contribution < -0.4 is 19.9 Å². The number of methoxy groups -OCH3 is 4. The molecular weight excluding hydrogens is 258 g/mol. The van der Waals surface area contributed by atoms with Crippen LogP contribution in [-0.2, 0) is 4.74 Å². The third-order valence-corrected chi connectivity index (χ3v) is 3.48. The third-order valence-electron chi connectivity index (χ3n) is 3.48. The molecule has 0 bridgehead atoms. The predicted molar refractivity (Wildman–Crippen MR) is 78.7 cm³/mol. The van der Waals surface area contributed by atoms with E-state index < -0.39 is 0 Å². The molecule has 0 aromatic heterocycles. The van der Waals surface area contributed by atoms with E-state index in [2.05, 4.69) is 6.92 Å². The van der Waals surface area contributed by atoms with Gasteiger partial charge in [0, 0.05) is 25.3 Å². The maximum Gasteiger partial charge on any atom is 0.203 e. The summed E-state index contributed by atoms with van der Waals surface area (Å²) in [5, 5.41) is 0. The fourth-order valence-corrected chi connectivity index (χ4v) is 2.18. The molecule has 5 nitrogen and oxygen atoms in total. The van der Waals surface area contributed by atoms with Crippen molar-refractivity contribution in [1.29, 1.82) is 0 Å². The SMILES string of the molecule is COCCC(C)C(N)c1ccc(OC)c(OC)c1OC. The summed E-state index contributed by atoms with van der Waals surface area (Å²) in [5.74, 6) is 2.09. The molecule has 0 saturated heterocycles. The molecule has 0 spiro atoms. The average molecular weight is 283 g/mol. The van der Waals surface area contributed by atoms with Gasteiger partial charge in [-0.15, -0.1) is 0 Å². The van der Waals surface area contributed by atoms with E-state index in [0.29, 0.717) is 23.9 Å². The number of ether oxygens (including phenoxy) is 4.